The summed E-state index contributed by atoms with van der Waals surface area (Å²) in [5.74, 6) is -0.0301. The van der Waals surface area contributed by atoms with Crippen molar-refractivity contribution in [3.63, 3.8) is 0 Å². The number of nitrogens with zero attached hydrogens (tertiary/aromatic N) is 1. The van der Waals surface area contributed by atoms with Crippen LogP contribution in [0, 0.1) is 6.92 Å². The molecule has 0 bridgehead atoms. The average Bonchev–Trinajstić information content (AvgIpc) is 2.90. The van der Waals surface area contributed by atoms with Crippen LogP contribution in [0.1, 0.15) is 27.7 Å². The summed E-state index contributed by atoms with van der Waals surface area (Å²) in [4.78, 5) is 14.9. The van der Waals surface area contributed by atoms with E-state index in [1.54, 1.807) is 17.0 Å². The van der Waals surface area contributed by atoms with E-state index in [0.717, 1.165) is 22.5 Å². The van der Waals surface area contributed by atoms with E-state index in [1.165, 1.54) is 0 Å². The minimum Gasteiger partial charge on any atom is -0.360 e. The fourth-order valence-electron chi connectivity index (χ4n) is 3.29. The minimum atomic E-state index is -0.349. The molecule has 26 heavy (non-hydrogen) atoms. The van der Waals surface area contributed by atoms with Crippen LogP contribution in [0.25, 0.3) is 0 Å². The highest BCUT2D eigenvalue weighted by atomic mass is 35.5. The third-order valence-corrected chi connectivity index (χ3v) is 5.11. The summed E-state index contributed by atoms with van der Waals surface area (Å²) < 4.78 is 0. The van der Waals surface area contributed by atoms with E-state index >= 15 is 0 Å². The molecule has 1 amide bonds. The Morgan fingerprint density at radius 1 is 0.962 bits per heavy atom. The summed E-state index contributed by atoms with van der Waals surface area (Å²) in [6.45, 7) is 2.00. The van der Waals surface area contributed by atoms with Crippen molar-refractivity contribution in [1.29, 1.82) is 0 Å². The monoisotopic (exact) mass is 382 g/mol. The van der Waals surface area contributed by atoms with E-state index in [0.29, 0.717) is 15.6 Å². The maximum Gasteiger partial charge on any atom is 0.260 e. The molecule has 1 N–H and O–H groups in total. The van der Waals surface area contributed by atoms with Gasteiger partial charge in [-0.1, -0.05) is 59.6 Å². The summed E-state index contributed by atoms with van der Waals surface area (Å²) in [5.41, 5.74) is 4.24. The predicted octanol–water partition coefficient (Wildman–Crippen LogP) is 6.07. The lowest BCUT2D eigenvalue weighted by Crippen LogP contribution is -2.32. The minimum absolute atomic E-state index is 0.0301. The Bertz CT molecular complexity index is 1000. The van der Waals surface area contributed by atoms with Crippen LogP contribution in [0.3, 0.4) is 0 Å². The van der Waals surface area contributed by atoms with Gasteiger partial charge in [-0.2, -0.15) is 0 Å². The van der Waals surface area contributed by atoms with Gasteiger partial charge in [0.05, 0.1) is 10.7 Å². The van der Waals surface area contributed by atoms with E-state index < -0.39 is 0 Å². The molecule has 130 valence electrons. The van der Waals surface area contributed by atoms with Crippen LogP contribution in [0.4, 0.5) is 11.4 Å². The largest absolute Gasteiger partial charge is 0.360 e. The summed E-state index contributed by atoms with van der Waals surface area (Å²) >= 11 is 12.4. The van der Waals surface area contributed by atoms with Crippen molar-refractivity contribution in [2.75, 3.05) is 10.2 Å². The van der Waals surface area contributed by atoms with Gasteiger partial charge in [0.15, 0.2) is 0 Å². The number of amides is 1. The molecule has 0 fully saturated rings. The Morgan fingerprint density at radius 3 is 2.46 bits per heavy atom. The molecule has 5 heteroatoms. The van der Waals surface area contributed by atoms with Gasteiger partial charge in [-0.25, -0.2) is 0 Å². The Kier molecular flexibility index (Phi) is 4.35. The van der Waals surface area contributed by atoms with Crippen molar-refractivity contribution in [3.05, 3.63) is 93.5 Å². The molecule has 0 aliphatic carbocycles. The summed E-state index contributed by atoms with van der Waals surface area (Å²) in [7, 11) is 0. The number of fused-ring (bicyclic) bond motifs is 1. The Labute approximate surface area is 162 Å². The molecule has 3 nitrogen and oxygen atoms in total. The van der Waals surface area contributed by atoms with Crippen LogP contribution >= 0.6 is 23.2 Å². The number of para-hydroxylation sites is 1. The number of halogens is 2. The number of rotatable bonds is 3. The number of anilines is 2. The number of benzene rings is 3. The zero-order valence-electron chi connectivity index (χ0n) is 14.0. The first-order chi connectivity index (χ1) is 12.6. The van der Waals surface area contributed by atoms with E-state index in [-0.39, 0.29) is 12.1 Å². The maximum absolute atomic E-state index is 13.1. The van der Waals surface area contributed by atoms with E-state index in [9.17, 15) is 4.79 Å². The van der Waals surface area contributed by atoms with Gasteiger partial charge < -0.3 is 5.32 Å². The Balaban J connectivity index is 1.82. The standard InChI is InChI=1S/C21H16Cl2N2O/c1-13-6-2-5-9-19(13)25-20(15-7-3-4-8-16(15)21(25)26)24-18-11-10-14(22)12-17(18)23/h2-12,20,24H,1H3/t20-/m1/s1. The highest BCUT2D eigenvalue weighted by Crippen LogP contribution is 2.40. The number of hydrogen-bond donors (Lipinski definition) is 1. The second-order valence-corrected chi connectivity index (χ2v) is 7.06. The molecule has 0 saturated carbocycles. The highest BCUT2D eigenvalue weighted by Gasteiger charge is 2.38. The first-order valence-corrected chi connectivity index (χ1v) is 9.01. The highest BCUT2D eigenvalue weighted by molar-refractivity contribution is 6.36. The van der Waals surface area contributed by atoms with Crippen molar-refractivity contribution in [3.8, 4) is 0 Å². The van der Waals surface area contributed by atoms with Gasteiger partial charge in [-0.05, 0) is 42.8 Å². The first-order valence-electron chi connectivity index (χ1n) is 8.26. The lowest BCUT2D eigenvalue weighted by atomic mass is 10.1. The average molecular weight is 383 g/mol. The van der Waals surface area contributed by atoms with Gasteiger partial charge in [0, 0.05) is 21.8 Å². The quantitative estimate of drug-likeness (QED) is 0.595. The molecule has 3 aromatic rings. The maximum atomic E-state index is 13.1. The van der Waals surface area contributed by atoms with Crippen LogP contribution in [-0.2, 0) is 0 Å². The van der Waals surface area contributed by atoms with Crippen LogP contribution in [0.15, 0.2) is 66.7 Å². The van der Waals surface area contributed by atoms with Crippen molar-refractivity contribution >= 4 is 40.5 Å². The number of hydrogen-bond acceptors (Lipinski definition) is 2. The van der Waals surface area contributed by atoms with Crippen LogP contribution in [-0.4, -0.2) is 5.91 Å². The second-order valence-electron chi connectivity index (χ2n) is 6.22. The molecule has 4 rings (SSSR count). The lowest BCUT2D eigenvalue weighted by Gasteiger charge is -2.28. The van der Waals surface area contributed by atoms with E-state index in [1.807, 2.05) is 61.5 Å². The number of carbonyl (C=O) groups excluding carboxylic acids is 1. The SMILES string of the molecule is Cc1ccccc1N1C(=O)c2ccccc2[C@@H]1Nc1ccc(Cl)cc1Cl. The van der Waals surface area contributed by atoms with Gasteiger partial charge >= 0.3 is 0 Å². The first kappa shape index (κ1) is 17.0. The van der Waals surface area contributed by atoms with Gasteiger partial charge in [0.1, 0.15) is 6.17 Å². The van der Waals surface area contributed by atoms with Gasteiger partial charge in [0.25, 0.3) is 5.91 Å². The Morgan fingerprint density at radius 2 is 1.69 bits per heavy atom. The third kappa shape index (κ3) is 2.83. The van der Waals surface area contributed by atoms with Crippen LogP contribution < -0.4 is 10.2 Å². The Hall–Kier alpha value is -2.49. The number of aryl methyl sites for hydroxylation is 1. The van der Waals surface area contributed by atoms with Crippen LogP contribution in [0.2, 0.25) is 10.0 Å². The molecule has 0 spiro atoms. The molecule has 3 aromatic carbocycles. The van der Waals surface area contributed by atoms with Crippen LogP contribution in [0.5, 0.6) is 0 Å². The molecular weight excluding hydrogens is 367 g/mol. The van der Waals surface area contributed by atoms with Crippen molar-refractivity contribution in [2.45, 2.75) is 13.1 Å². The fraction of sp³-hybridized carbons (Fsp3) is 0.0952. The molecule has 1 aliphatic heterocycles. The molecule has 1 aliphatic rings. The predicted molar refractivity (Wildman–Crippen MR) is 107 cm³/mol. The molecular formula is C21H16Cl2N2O. The molecule has 0 unspecified atom stereocenters. The van der Waals surface area contributed by atoms with Crippen molar-refractivity contribution in [1.82, 2.24) is 0 Å². The summed E-state index contributed by atoms with van der Waals surface area (Å²) in [5, 5.41) is 4.50. The molecule has 1 atom stereocenters. The fourth-order valence-corrected chi connectivity index (χ4v) is 3.76. The van der Waals surface area contributed by atoms with Gasteiger partial charge in [-0.3, -0.25) is 9.69 Å². The molecule has 1 heterocycles. The smallest absolute Gasteiger partial charge is 0.260 e. The van der Waals surface area contributed by atoms with Crippen molar-refractivity contribution in [2.24, 2.45) is 0 Å². The molecule has 0 saturated heterocycles. The zero-order chi connectivity index (χ0) is 18.3. The van der Waals surface area contributed by atoms with E-state index in [4.69, 9.17) is 23.2 Å². The molecule has 0 radical (unpaired) electrons. The second kappa shape index (κ2) is 6.67. The van der Waals surface area contributed by atoms with Gasteiger partial charge in [-0.15, -0.1) is 0 Å². The summed E-state index contributed by atoms with van der Waals surface area (Å²) in [6.07, 6.45) is -0.349. The molecule has 0 aromatic heterocycles. The van der Waals surface area contributed by atoms with Crippen molar-refractivity contribution < 1.29 is 4.79 Å². The summed E-state index contributed by atoms with van der Waals surface area (Å²) in [6, 6.07) is 20.8. The zero-order valence-corrected chi connectivity index (χ0v) is 15.6. The normalized spacial score (nSPS) is 15.9. The topological polar surface area (TPSA) is 32.3 Å². The number of carbonyl (C=O) groups is 1. The lowest BCUT2D eigenvalue weighted by molar-refractivity contribution is 0.0993. The van der Waals surface area contributed by atoms with Gasteiger partial charge in [0.2, 0.25) is 0 Å². The number of nitrogens with one attached hydrogen (secondary N) is 1. The van der Waals surface area contributed by atoms with E-state index in [2.05, 4.69) is 5.32 Å². The third-order valence-electron chi connectivity index (χ3n) is 4.56.